The van der Waals surface area contributed by atoms with Gasteiger partial charge in [0.25, 0.3) is 0 Å². The Morgan fingerprint density at radius 2 is 1.76 bits per heavy atom. The fourth-order valence-corrected chi connectivity index (χ4v) is 3.92. The molecule has 0 saturated carbocycles. The predicted octanol–water partition coefficient (Wildman–Crippen LogP) is 4.97. The van der Waals surface area contributed by atoms with Crippen molar-refractivity contribution >= 4 is 24.0 Å². The van der Waals surface area contributed by atoms with Crippen LogP contribution in [0.25, 0.3) is 6.08 Å². The van der Waals surface area contributed by atoms with Gasteiger partial charge in [0.05, 0.1) is 6.61 Å². The molecular formula is C29H47N3O5. The lowest BCUT2D eigenvalue weighted by atomic mass is 9.99. The summed E-state index contributed by atoms with van der Waals surface area (Å²) in [6.07, 6.45) is 7.34. The zero-order valence-electron chi connectivity index (χ0n) is 23.3. The first kappa shape index (κ1) is 32.2. The monoisotopic (exact) mass is 517 g/mol. The first-order valence-electron chi connectivity index (χ1n) is 13.5. The number of alkyl carbamates (subject to hydrolysis) is 1. The minimum atomic E-state index is -1.25. The Balaban J connectivity index is 3.37. The summed E-state index contributed by atoms with van der Waals surface area (Å²) in [5, 5.41) is 15.5. The Bertz CT molecular complexity index is 865. The molecule has 1 rings (SSSR count). The number of nitrogens with one attached hydrogen (secondary N) is 2. The topological polar surface area (TPSA) is 108 Å². The van der Waals surface area contributed by atoms with E-state index in [0.717, 1.165) is 44.1 Å². The summed E-state index contributed by atoms with van der Waals surface area (Å²) in [5.41, 5.74) is 0.701. The van der Waals surface area contributed by atoms with Crippen molar-refractivity contribution in [1.82, 2.24) is 15.5 Å². The Hall–Kier alpha value is -2.87. The van der Waals surface area contributed by atoms with Gasteiger partial charge in [0.15, 0.2) is 0 Å². The van der Waals surface area contributed by atoms with Crippen LogP contribution < -0.4 is 10.6 Å². The van der Waals surface area contributed by atoms with Crippen LogP contribution in [0.15, 0.2) is 30.8 Å². The third kappa shape index (κ3) is 11.8. The van der Waals surface area contributed by atoms with Gasteiger partial charge in [-0.15, -0.1) is 0 Å². The van der Waals surface area contributed by atoms with E-state index in [2.05, 4.69) is 31.1 Å². The van der Waals surface area contributed by atoms with Crippen LogP contribution in [0, 0.1) is 0 Å². The average molecular weight is 518 g/mol. The highest BCUT2D eigenvalue weighted by molar-refractivity contribution is 5.92. The number of hydrogen-bond donors (Lipinski definition) is 3. The van der Waals surface area contributed by atoms with Gasteiger partial charge in [-0.25, -0.2) is 4.79 Å². The van der Waals surface area contributed by atoms with E-state index in [1.54, 1.807) is 26.8 Å². The molecule has 8 nitrogen and oxygen atoms in total. The number of benzene rings is 1. The number of aliphatic hydroxyl groups excluding tert-OH is 1. The highest BCUT2D eigenvalue weighted by Gasteiger charge is 2.35. The van der Waals surface area contributed by atoms with Crippen molar-refractivity contribution < 1.29 is 24.2 Å². The number of aliphatic hydroxyl groups is 1. The summed E-state index contributed by atoms with van der Waals surface area (Å²) in [6, 6.07) is 5.17. The van der Waals surface area contributed by atoms with Crippen LogP contribution in [0.2, 0.25) is 0 Å². The van der Waals surface area contributed by atoms with Crippen LogP contribution in [0.5, 0.6) is 0 Å². The lowest BCUT2D eigenvalue weighted by molar-refractivity contribution is -0.143. The van der Waals surface area contributed by atoms with E-state index in [1.165, 1.54) is 4.90 Å². The van der Waals surface area contributed by atoms with Gasteiger partial charge in [0.2, 0.25) is 11.8 Å². The van der Waals surface area contributed by atoms with Gasteiger partial charge >= 0.3 is 6.09 Å². The van der Waals surface area contributed by atoms with E-state index in [4.69, 9.17) is 4.74 Å². The van der Waals surface area contributed by atoms with Gasteiger partial charge in [-0.05, 0) is 50.8 Å². The Morgan fingerprint density at radius 3 is 2.35 bits per heavy atom. The molecule has 37 heavy (non-hydrogen) atoms. The molecule has 8 heteroatoms. The predicted molar refractivity (Wildman–Crippen MR) is 148 cm³/mol. The summed E-state index contributed by atoms with van der Waals surface area (Å²) >= 11 is 0. The minimum Gasteiger partial charge on any atom is -0.444 e. The number of unbranched alkanes of at least 4 members (excludes halogenated alkanes) is 5. The molecule has 3 amide bonds. The van der Waals surface area contributed by atoms with Crippen LogP contribution in [-0.4, -0.2) is 59.3 Å². The fraction of sp³-hybridized carbons (Fsp3) is 0.621. The molecule has 2 atom stereocenters. The summed E-state index contributed by atoms with van der Waals surface area (Å²) < 4.78 is 5.29. The summed E-state index contributed by atoms with van der Waals surface area (Å²) in [4.78, 5) is 41.2. The van der Waals surface area contributed by atoms with E-state index in [-0.39, 0.29) is 5.91 Å². The van der Waals surface area contributed by atoms with Crippen molar-refractivity contribution in [1.29, 1.82) is 0 Å². The molecule has 3 N–H and O–H groups in total. The second-order valence-electron chi connectivity index (χ2n) is 10.2. The summed E-state index contributed by atoms with van der Waals surface area (Å²) in [6.45, 7) is 13.3. The van der Waals surface area contributed by atoms with Crippen molar-refractivity contribution in [2.45, 2.75) is 97.2 Å². The maximum Gasteiger partial charge on any atom is 0.408 e. The number of amides is 3. The largest absolute Gasteiger partial charge is 0.444 e. The molecule has 0 spiro atoms. The van der Waals surface area contributed by atoms with Gasteiger partial charge in [-0.2, -0.15) is 0 Å². The first-order chi connectivity index (χ1) is 17.6. The highest BCUT2D eigenvalue weighted by atomic mass is 16.6. The van der Waals surface area contributed by atoms with Gasteiger partial charge in [0.1, 0.15) is 17.7 Å². The molecule has 0 aliphatic carbocycles. The Labute approximate surface area is 222 Å². The number of nitrogens with zero attached hydrogens (tertiary/aromatic N) is 1. The molecule has 0 saturated heterocycles. The smallest absolute Gasteiger partial charge is 0.408 e. The zero-order valence-corrected chi connectivity index (χ0v) is 23.3. The Morgan fingerprint density at radius 1 is 1.08 bits per heavy atom. The molecule has 0 aliphatic rings. The quantitative estimate of drug-likeness (QED) is 0.268. The third-order valence-electron chi connectivity index (χ3n) is 5.81. The van der Waals surface area contributed by atoms with Crippen molar-refractivity contribution in [3.05, 3.63) is 42.0 Å². The highest BCUT2D eigenvalue weighted by Crippen LogP contribution is 2.25. The standard InChI is InChI=1S/C29H47N3O5/c1-7-10-12-14-19-32(27(35)24(21-33)31-28(36)37-29(4,5)6)25(26(34)30-18-13-11-8-2)23-17-15-16-22(9-3)20-23/h9,15-17,20,24-25,33H,3,7-8,10-14,18-19,21H2,1-2,4-6H3,(H,30,34)(H,31,36). The molecule has 0 bridgehead atoms. The summed E-state index contributed by atoms with van der Waals surface area (Å²) in [5.74, 6) is -0.835. The molecule has 1 aromatic carbocycles. The first-order valence-corrected chi connectivity index (χ1v) is 13.5. The average Bonchev–Trinajstić information content (AvgIpc) is 2.85. The van der Waals surface area contributed by atoms with E-state index in [9.17, 15) is 19.5 Å². The second kappa shape index (κ2) is 16.8. The fourth-order valence-electron chi connectivity index (χ4n) is 3.92. The number of carbonyl (C=O) groups excluding carboxylic acids is 3. The van der Waals surface area contributed by atoms with Gasteiger partial charge in [-0.3, -0.25) is 9.59 Å². The van der Waals surface area contributed by atoms with E-state index >= 15 is 0 Å². The van der Waals surface area contributed by atoms with Crippen molar-refractivity contribution in [2.75, 3.05) is 19.7 Å². The maximum absolute atomic E-state index is 13.8. The number of ether oxygens (including phenoxy) is 1. The minimum absolute atomic E-state index is 0.296. The van der Waals surface area contributed by atoms with E-state index in [1.807, 2.05) is 24.3 Å². The van der Waals surface area contributed by atoms with Crippen molar-refractivity contribution in [3.8, 4) is 0 Å². The molecule has 208 valence electrons. The van der Waals surface area contributed by atoms with Crippen LogP contribution >= 0.6 is 0 Å². The second-order valence-corrected chi connectivity index (χ2v) is 10.2. The SMILES string of the molecule is C=Cc1cccc(C(C(=O)NCCCCC)N(CCCCCC)C(=O)C(CO)NC(=O)OC(C)(C)C)c1. The van der Waals surface area contributed by atoms with Crippen LogP contribution in [0.3, 0.4) is 0 Å². The molecule has 0 aliphatic heterocycles. The molecule has 0 fully saturated rings. The van der Waals surface area contributed by atoms with Crippen molar-refractivity contribution in [2.24, 2.45) is 0 Å². The van der Waals surface area contributed by atoms with E-state index < -0.39 is 36.3 Å². The molecular weight excluding hydrogens is 470 g/mol. The molecule has 0 aromatic heterocycles. The molecule has 2 unspecified atom stereocenters. The molecule has 0 heterocycles. The lowest BCUT2D eigenvalue weighted by Gasteiger charge is -2.34. The normalized spacial score (nSPS) is 12.8. The van der Waals surface area contributed by atoms with Gasteiger partial charge in [-0.1, -0.05) is 76.8 Å². The number of rotatable bonds is 16. The lowest BCUT2D eigenvalue weighted by Crippen LogP contribution is -2.54. The van der Waals surface area contributed by atoms with Crippen molar-refractivity contribution in [3.63, 3.8) is 0 Å². The van der Waals surface area contributed by atoms with Gasteiger partial charge < -0.3 is 25.4 Å². The molecule has 0 radical (unpaired) electrons. The van der Waals surface area contributed by atoms with Crippen LogP contribution in [-0.2, 0) is 14.3 Å². The van der Waals surface area contributed by atoms with Gasteiger partial charge in [0, 0.05) is 13.1 Å². The van der Waals surface area contributed by atoms with E-state index in [0.29, 0.717) is 25.1 Å². The number of hydrogen-bond acceptors (Lipinski definition) is 5. The third-order valence-corrected chi connectivity index (χ3v) is 5.81. The zero-order chi connectivity index (χ0) is 27.8. The number of carbonyl (C=O) groups is 3. The summed E-state index contributed by atoms with van der Waals surface area (Å²) in [7, 11) is 0. The van der Waals surface area contributed by atoms with Crippen LogP contribution in [0.1, 0.15) is 96.7 Å². The Kier molecular flexibility index (Phi) is 14.6. The maximum atomic E-state index is 13.8. The molecule has 1 aromatic rings. The van der Waals surface area contributed by atoms with Crippen LogP contribution in [0.4, 0.5) is 4.79 Å².